The summed E-state index contributed by atoms with van der Waals surface area (Å²) in [7, 11) is 1.32. The maximum Gasteiger partial charge on any atom is 0.357 e. The lowest BCUT2D eigenvalue weighted by molar-refractivity contribution is -0.140. The smallest absolute Gasteiger partial charge is 0.357 e. The standard InChI is InChI=1S/C27H34N2O6/c1-7-34-27(32)25-22(13-14-23(30)33-6)17(2)15-28(25)29-19(4)24(18(3)26(29)31)20(5)35-16-21-11-9-8-10-12-21/h8-12,15,18,20,24H,4,7,13-14,16H2,1-3,5-6H3/t18-,20?,24?/m1/s1. The molecule has 1 aliphatic heterocycles. The fraction of sp³-hybridized carbons (Fsp3) is 0.444. The Hall–Kier alpha value is -3.39. The minimum atomic E-state index is -0.564. The van der Waals surface area contributed by atoms with Crippen molar-refractivity contribution in [2.75, 3.05) is 18.7 Å². The van der Waals surface area contributed by atoms with Gasteiger partial charge in [-0.25, -0.2) is 14.5 Å². The first-order valence-corrected chi connectivity index (χ1v) is 11.8. The van der Waals surface area contributed by atoms with Crippen molar-refractivity contribution < 1.29 is 28.6 Å². The highest BCUT2D eigenvalue weighted by Gasteiger charge is 2.46. The zero-order chi connectivity index (χ0) is 25.7. The van der Waals surface area contributed by atoms with Crippen LogP contribution in [0.25, 0.3) is 0 Å². The van der Waals surface area contributed by atoms with E-state index >= 15 is 0 Å². The van der Waals surface area contributed by atoms with E-state index in [-0.39, 0.29) is 49.0 Å². The second kappa shape index (κ2) is 11.4. The van der Waals surface area contributed by atoms with E-state index in [4.69, 9.17) is 14.2 Å². The number of aryl methyl sites for hydroxylation is 1. The van der Waals surface area contributed by atoms with Gasteiger partial charge in [-0.2, -0.15) is 0 Å². The Balaban J connectivity index is 1.91. The van der Waals surface area contributed by atoms with Gasteiger partial charge in [0, 0.05) is 30.2 Å². The van der Waals surface area contributed by atoms with Gasteiger partial charge in [-0.3, -0.25) is 9.59 Å². The van der Waals surface area contributed by atoms with Crippen LogP contribution in [0.1, 0.15) is 54.4 Å². The molecule has 1 fully saturated rings. The fourth-order valence-corrected chi connectivity index (χ4v) is 4.61. The number of benzene rings is 1. The quantitative estimate of drug-likeness (QED) is 0.477. The van der Waals surface area contributed by atoms with E-state index in [1.54, 1.807) is 13.1 Å². The van der Waals surface area contributed by atoms with Gasteiger partial charge in [0.15, 0.2) is 5.69 Å². The molecule has 0 saturated carbocycles. The van der Waals surface area contributed by atoms with E-state index in [1.807, 2.05) is 51.1 Å². The van der Waals surface area contributed by atoms with Crippen LogP contribution in [0.5, 0.6) is 0 Å². The third-order valence-corrected chi connectivity index (χ3v) is 6.45. The van der Waals surface area contributed by atoms with E-state index in [0.29, 0.717) is 17.9 Å². The molecule has 1 aromatic heterocycles. The molecule has 0 aliphatic carbocycles. The molecule has 0 spiro atoms. The van der Waals surface area contributed by atoms with Gasteiger partial charge in [0.25, 0.3) is 0 Å². The van der Waals surface area contributed by atoms with Crippen molar-refractivity contribution >= 4 is 17.8 Å². The molecule has 3 rings (SSSR count). The van der Waals surface area contributed by atoms with Gasteiger partial charge in [-0.15, -0.1) is 0 Å². The number of amides is 1. The maximum absolute atomic E-state index is 13.4. The summed E-state index contributed by atoms with van der Waals surface area (Å²) < 4.78 is 17.7. The zero-order valence-electron chi connectivity index (χ0n) is 21.1. The number of hydrogen-bond donors (Lipinski definition) is 0. The van der Waals surface area contributed by atoms with Crippen LogP contribution in [0.4, 0.5) is 0 Å². The van der Waals surface area contributed by atoms with Gasteiger partial charge in [-0.05, 0) is 43.9 Å². The Bertz CT molecular complexity index is 1090. The number of methoxy groups -OCH3 is 1. The second-order valence-electron chi connectivity index (χ2n) is 8.74. The van der Waals surface area contributed by atoms with E-state index in [9.17, 15) is 14.4 Å². The van der Waals surface area contributed by atoms with Crippen LogP contribution in [-0.4, -0.2) is 42.3 Å². The molecule has 3 atom stereocenters. The largest absolute Gasteiger partial charge is 0.469 e. The zero-order valence-corrected chi connectivity index (χ0v) is 21.1. The van der Waals surface area contributed by atoms with Crippen molar-refractivity contribution in [2.24, 2.45) is 11.8 Å². The Morgan fingerprint density at radius 3 is 2.51 bits per heavy atom. The number of hydrogen-bond acceptors (Lipinski definition) is 6. The lowest BCUT2D eigenvalue weighted by Crippen LogP contribution is -2.37. The average Bonchev–Trinajstić information content (AvgIpc) is 3.28. The lowest BCUT2D eigenvalue weighted by Gasteiger charge is -2.26. The van der Waals surface area contributed by atoms with Gasteiger partial charge in [0.1, 0.15) is 0 Å². The number of rotatable bonds is 10. The molecule has 8 heteroatoms. The predicted molar refractivity (Wildman–Crippen MR) is 131 cm³/mol. The number of carbonyl (C=O) groups excluding carboxylic acids is 3. The summed E-state index contributed by atoms with van der Waals surface area (Å²) in [4.78, 5) is 38.2. The van der Waals surface area contributed by atoms with E-state index in [1.165, 1.54) is 16.8 Å². The Labute approximate surface area is 206 Å². The van der Waals surface area contributed by atoms with Gasteiger partial charge >= 0.3 is 11.9 Å². The summed E-state index contributed by atoms with van der Waals surface area (Å²) >= 11 is 0. The van der Waals surface area contributed by atoms with Crippen molar-refractivity contribution in [1.82, 2.24) is 4.68 Å². The van der Waals surface area contributed by atoms with Crippen LogP contribution in [0.3, 0.4) is 0 Å². The predicted octanol–water partition coefficient (Wildman–Crippen LogP) is 3.93. The molecule has 188 valence electrons. The highest BCUT2D eigenvalue weighted by atomic mass is 16.5. The van der Waals surface area contributed by atoms with E-state index in [2.05, 4.69) is 6.58 Å². The van der Waals surface area contributed by atoms with Crippen LogP contribution in [0.15, 0.2) is 48.8 Å². The first-order chi connectivity index (χ1) is 16.7. The Morgan fingerprint density at radius 2 is 1.89 bits per heavy atom. The van der Waals surface area contributed by atoms with E-state index in [0.717, 1.165) is 11.1 Å². The maximum atomic E-state index is 13.4. The molecule has 2 aromatic rings. The molecular formula is C27H34N2O6. The van der Waals surface area contributed by atoms with Crippen molar-refractivity contribution in [3.63, 3.8) is 0 Å². The van der Waals surface area contributed by atoms with Gasteiger partial charge in [0.05, 0.1) is 26.4 Å². The number of ether oxygens (including phenoxy) is 3. The molecule has 1 amide bonds. The molecule has 0 radical (unpaired) electrons. The van der Waals surface area contributed by atoms with Crippen molar-refractivity contribution in [3.05, 3.63) is 71.2 Å². The monoisotopic (exact) mass is 482 g/mol. The Morgan fingerprint density at radius 1 is 1.20 bits per heavy atom. The lowest BCUT2D eigenvalue weighted by atomic mass is 9.90. The van der Waals surface area contributed by atoms with Crippen LogP contribution >= 0.6 is 0 Å². The summed E-state index contributed by atoms with van der Waals surface area (Å²) in [5, 5.41) is 1.44. The summed E-state index contributed by atoms with van der Waals surface area (Å²) in [6, 6.07) is 9.83. The number of carbonyl (C=O) groups is 3. The van der Waals surface area contributed by atoms with Crippen LogP contribution < -0.4 is 5.01 Å². The summed E-state index contributed by atoms with van der Waals surface area (Å²) in [5.41, 5.74) is 3.21. The number of nitrogens with zero attached hydrogens (tertiary/aromatic N) is 2. The minimum absolute atomic E-state index is 0.103. The topological polar surface area (TPSA) is 87.1 Å². The van der Waals surface area contributed by atoms with Gasteiger partial charge in [-0.1, -0.05) is 43.8 Å². The van der Waals surface area contributed by atoms with Crippen LogP contribution in [0, 0.1) is 18.8 Å². The molecule has 8 nitrogen and oxygen atoms in total. The average molecular weight is 483 g/mol. The highest BCUT2D eigenvalue weighted by Crippen LogP contribution is 2.37. The molecule has 0 bridgehead atoms. The molecule has 1 aliphatic rings. The normalized spacial score (nSPS) is 18.6. The van der Waals surface area contributed by atoms with Crippen LogP contribution in [0.2, 0.25) is 0 Å². The summed E-state index contributed by atoms with van der Waals surface area (Å²) in [6.07, 6.45) is 1.82. The number of aromatic nitrogens is 1. The third-order valence-electron chi connectivity index (χ3n) is 6.45. The summed E-state index contributed by atoms with van der Waals surface area (Å²) in [5.74, 6) is -1.81. The Kier molecular flexibility index (Phi) is 8.51. The molecule has 2 heterocycles. The molecule has 35 heavy (non-hydrogen) atoms. The first-order valence-electron chi connectivity index (χ1n) is 11.8. The fourth-order valence-electron chi connectivity index (χ4n) is 4.61. The molecule has 2 unspecified atom stereocenters. The highest BCUT2D eigenvalue weighted by molar-refractivity contribution is 5.97. The summed E-state index contributed by atoms with van der Waals surface area (Å²) in [6.45, 7) is 12.1. The molecule has 1 saturated heterocycles. The molecular weight excluding hydrogens is 448 g/mol. The second-order valence-corrected chi connectivity index (χ2v) is 8.74. The SMILES string of the molecule is C=C1C(C(C)OCc2ccccc2)[C@@H](C)C(=O)N1n1cc(C)c(CCC(=O)OC)c1C(=O)OCC. The van der Waals surface area contributed by atoms with Crippen molar-refractivity contribution in [1.29, 1.82) is 0 Å². The van der Waals surface area contributed by atoms with Crippen molar-refractivity contribution in [2.45, 2.75) is 53.2 Å². The first kappa shape index (κ1) is 26.2. The van der Waals surface area contributed by atoms with Crippen LogP contribution in [-0.2, 0) is 36.8 Å². The van der Waals surface area contributed by atoms with Gasteiger partial charge < -0.3 is 14.2 Å². The molecule has 0 N–H and O–H groups in total. The third kappa shape index (κ3) is 5.48. The minimum Gasteiger partial charge on any atom is -0.469 e. The van der Waals surface area contributed by atoms with E-state index < -0.39 is 11.9 Å². The van der Waals surface area contributed by atoms with Gasteiger partial charge in [0.2, 0.25) is 5.91 Å². The van der Waals surface area contributed by atoms with Crippen molar-refractivity contribution in [3.8, 4) is 0 Å². The molecule has 1 aromatic carbocycles. The number of esters is 2.